The number of ether oxygens (including phenoxy) is 1. The van der Waals surface area contributed by atoms with Gasteiger partial charge in [0.25, 0.3) is 0 Å². The van der Waals surface area contributed by atoms with Gasteiger partial charge in [0.15, 0.2) is 0 Å². The van der Waals surface area contributed by atoms with Crippen LogP contribution in [0.4, 0.5) is 29.7 Å². The highest BCUT2D eigenvalue weighted by molar-refractivity contribution is 5.93. The van der Waals surface area contributed by atoms with Crippen molar-refractivity contribution in [1.82, 2.24) is 19.7 Å². The number of carbonyl (C=O) groups excluding carboxylic acids is 2. The SMILES string of the molecule is C[C@@H]1N(c2cnn3c2CN(C(=O)Nc2cc(F)nc(F)c2)[C@@H](C)C3)C(=O)OC12CC2. The summed E-state index contributed by atoms with van der Waals surface area (Å²) in [5.74, 6) is -2.04. The van der Waals surface area contributed by atoms with Crippen molar-refractivity contribution in [2.75, 3.05) is 10.2 Å². The highest BCUT2D eigenvalue weighted by Gasteiger charge is 2.61. The third kappa shape index (κ3) is 2.87. The average Bonchev–Trinajstić information content (AvgIpc) is 3.27. The van der Waals surface area contributed by atoms with Gasteiger partial charge < -0.3 is 15.0 Å². The van der Waals surface area contributed by atoms with Crippen LogP contribution in [0.15, 0.2) is 18.3 Å². The number of anilines is 2. The Hall–Kier alpha value is -3.24. The molecule has 0 aromatic carbocycles. The fourth-order valence-corrected chi connectivity index (χ4v) is 4.24. The van der Waals surface area contributed by atoms with Gasteiger partial charge in [-0.3, -0.25) is 9.58 Å². The van der Waals surface area contributed by atoms with E-state index in [1.807, 2.05) is 13.8 Å². The third-order valence-corrected chi connectivity index (χ3v) is 6.13. The fourth-order valence-electron chi connectivity index (χ4n) is 4.24. The van der Waals surface area contributed by atoms with Gasteiger partial charge in [-0.2, -0.15) is 18.9 Å². The fraction of sp³-hybridized carbons (Fsp3) is 0.474. The van der Waals surface area contributed by atoms with E-state index in [1.165, 1.54) is 4.90 Å². The van der Waals surface area contributed by atoms with Crippen molar-refractivity contribution in [2.45, 2.75) is 57.5 Å². The monoisotopic (exact) mass is 418 g/mol. The topological polar surface area (TPSA) is 92.6 Å². The van der Waals surface area contributed by atoms with Gasteiger partial charge in [-0.15, -0.1) is 0 Å². The van der Waals surface area contributed by atoms with Crippen molar-refractivity contribution in [3.8, 4) is 0 Å². The van der Waals surface area contributed by atoms with Crippen LogP contribution in [0.25, 0.3) is 0 Å². The molecule has 2 aromatic rings. The number of halogens is 2. The van der Waals surface area contributed by atoms with Crippen LogP contribution in [0.5, 0.6) is 0 Å². The summed E-state index contributed by atoms with van der Waals surface area (Å²) in [5, 5.41) is 6.90. The van der Waals surface area contributed by atoms with Crippen molar-refractivity contribution in [3.05, 3.63) is 35.9 Å². The molecule has 0 unspecified atom stereocenters. The molecule has 1 aliphatic carbocycles. The molecule has 1 N–H and O–H groups in total. The molecule has 9 nitrogen and oxygen atoms in total. The van der Waals surface area contributed by atoms with E-state index in [0.29, 0.717) is 17.9 Å². The maximum absolute atomic E-state index is 13.3. The first-order chi connectivity index (χ1) is 14.3. The third-order valence-electron chi connectivity index (χ3n) is 6.13. The number of urea groups is 1. The van der Waals surface area contributed by atoms with E-state index < -0.39 is 29.6 Å². The molecule has 5 rings (SSSR count). The summed E-state index contributed by atoms with van der Waals surface area (Å²) in [7, 11) is 0. The van der Waals surface area contributed by atoms with Gasteiger partial charge in [0, 0.05) is 12.1 Å². The molecule has 1 spiro atoms. The van der Waals surface area contributed by atoms with E-state index in [9.17, 15) is 18.4 Å². The number of nitrogens with one attached hydrogen (secondary N) is 1. The first-order valence-electron chi connectivity index (χ1n) is 9.75. The molecule has 0 bridgehead atoms. The Morgan fingerprint density at radius 2 is 1.97 bits per heavy atom. The number of hydrogen-bond donors (Lipinski definition) is 1. The second kappa shape index (κ2) is 6.38. The molecular formula is C19H20F2N6O3. The van der Waals surface area contributed by atoms with Crippen molar-refractivity contribution in [3.63, 3.8) is 0 Å². The van der Waals surface area contributed by atoms with Crippen LogP contribution < -0.4 is 10.2 Å². The second-order valence-electron chi connectivity index (χ2n) is 8.05. The largest absolute Gasteiger partial charge is 0.440 e. The number of carbonyl (C=O) groups is 2. The smallest absolute Gasteiger partial charge is 0.415 e. The summed E-state index contributed by atoms with van der Waals surface area (Å²) in [6.07, 6.45) is 2.89. The first-order valence-corrected chi connectivity index (χ1v) is 9.75. The predicted molar refractivity (Wildman–Crippen MR) is 101 cm³/mol. The molecule has 1 saturated carbocycles. The van der Waals surface area contributed by atoms with Gasteiger partial charge in [-0.25, -0.2) is 9.59 Å². The van der Waals surface area contributed by atoms with Gasteiger partial charge >= 0.3 is 12.1 Å². The highest BCUT2D eigenvalue weighted by Crippen LogP contribution is 2.50. The minimum Gasteiger partial charge on any atom is -0.440 e. The molecule has 2 atom stereocenters. The molecule has 2 aliphatic heterocycles. The summed E-state index contributed by atoms with van der Waals surface area (Å²) >= 11 is 0. The van der Waals surface area contributed by atoms with Crippen LogP contribution in [0.1, 0.15) is 32.4 Å². The van der Waals surface area contributed by atoms with Crippen molar-refractivity contribution < 1.29 is 23.1 Å². The summed E-state index contributed by atoms with van der Waals surface area (Å²) < 4.78 is 34.0. The molecule has 3 aliphatic rings. The van der Waals surface area contributed by atoms with E-state index in [2.05, 4.69) is 15.4 Å². The molecule has 11 heteroatoms. The number of aromatic nitrogens is 3. The van der Waals surface area contributed by atoms with E-state index in [1.54, 1.807) is 15.8 Å². The molecule has 4 heterocycles. The Morgan fingerprint density at radius 1 is 1.27 bits per heavy atom. The van der Waals surface area contributed by atoms with Gasteiger partial charge in [0.2, 0.25) is 11.9 Å². The summed E-state index contributed by atoms with van der Waals surface area (Å²) in [4.78, 5) is 31.5. The van der Waals surface area contributed by atoms with E-state index in [0.717, 1.165) is 25.0 Å². The van der Waals surface area contributed by atoms with E-state index in [4.69, 9.17) is 4.74 Å². The van der Waals surface area contributed by atoms with Crippen LogP contribution in [0.2, 0.25) is 0 Å². The lowest BCUT2D eigenvalue weighted by atomic mass is 10.1. The van der Waals surface area contributed by atoms with Crippen molar-refractivity contribution in [2.24, 2.45) is 0 Å². The van der Waals surface area contributed by atoms with Gasteiger partial charge in [0.05, 0.1) is 48.4 Å². The Morgan fingerprint density at radius 3 is 2.60 bits per heavy atom. The minimum atomic E-state index is -1.02. The first kappa shape index (κ1) is 18.8. The van der Waals surface area contributed by atoms with Crippen LogP contribution in [0.3, 0.4) is 0 Å². The molecule has 2 aromatic heterocycles. The molecule has 0 radical (unpaired) electrons. The zero-order valence-corrected chi connectivity index (χ0v) is 16.4. The molecule has 158 valence electrons. The lowest BCUT2D eigenvalue weighted by Gasteiger charge is -2.35. The zero-order chi connectivity index (χ0) is 21.2. The number of hydrogen-bond acceptors (Lipinski definition) is 5. The summed E-state index contributed by atoms with van der Waals surface area (Å²) in [6, 6.07) is 1.04. The number of pyridine rings is 1. The normalized spacial score (nSPS) is 24.1. The van der Waals surface area contributed by atoms with E-state index >= 15 is 0 Å². The van der Waals surface area contributed by atoms with Crippen molar-refractivity contribution in [1.29, 1.82) is 0 Å². The zero-order valence-electron chi connectivity index (χ0n) is 16.4. The summed E-state index contributed by atoms with van der Waals surface area (Å²) in [5.41, 5.74) is 0.878. The maximum Gasteiger partial charge on any atom is 0.415 e. The van der Waals surface area contributed by atoms with E-state index in [-0.39, 0.29) is 24.3 Å². The average molecular weight is 418 g/mol. The van der Waals surface area contributed by atoms with Gasteiger partial charge in [-0.05, 0) is 26.7 Å². The molecule has 30 heavy (non-hydrogen) atoms. The van der Waals surface area contributed by atoms with Gasteiger partial charge in [0.1, 0.15) is 5.60 Å². The van der Waals surface area contributed by atoms with Crippen LogP contribution in [-0.2, 0) is 17.8 Å². The molecule has 3 amide bonds. The van der Waals surface area contributed by atoms with Crippen LogP contribution in [0, 0.1) is 11.9 Å². The van der Waals surface area contributed by atoms with Crippen LogP contribution >= 0.6 is 0 Å². The minimum absolute atomic E-state index is 0.0241. The number of rotatable bonds is 2. The lowest BCUT2D eigenvalue weighted by Crippen LogP contribution is -2.47. The maximum atomic E-state index is 13.3. The standard InChI is InChI=1S/C19H20F2N6O3/c1-10-8-26-14(9-25(10)17(28)23-12-5-15(20)24-16(21)6-12)13(7-22-26)27-11(2)19(3-4-19)30-18(27)29/h5-7,10-11H,3-4,8-9H2,1-2H3,(H,23,24,28)/t10-,11-/m0/s1. The van der Waals surface area contributed by atoms with Crippen molar-refractivity contribution >= 4 is 23.5 Å². The summed E-state index contributed by atoms with van der Waals surface area (Å²) in [6.45, 7) is 4.40. The second-order valence-corrected chi connectivity index (χ2v) is 8.05. The number of amides is 3. The molecular weight excluding hydrogens is 398 g/mol. The number of nitrogens with zero attached hydrogens (tertiary/aromatic N) is 5. The van der Waals surface area contributed by atoms with Crippen LogP contribution in [-0.4, -0.2) is 49.5 Å². The number of fused-ring (bicyclic) bond motifs is 1. The Kier molecular flexibility index (Phi) is 3.99. The van der Waals surface area contributed by atoms with Gasteiger partial charge in [-0.1, -0.05) is 0 Å². The molecule has 1 saturated heterocycles. The predicted octanol–water partition coefficient (Wildman–Crippen LogP) is 2.87. The quantitative estimate of drug-likeness (QED) is 0.757. The Bertz CT molecular complexity index is 1030. The Labute approximate surface area is 170 Å². The molecule has 2 fully saturated rings. The lowest BCUT2D eigenvalue weighted by molar-refractivity contribution is 0.119. The Balaban J connectivity index is 1.40. The highest BCUT2D eigenvalue weighted by atomic mass is 19.1.